The average Bonchev–Trinajstić information content (AvgIpc) is 2.92. The van der Waals surface area contributed by atoms with Crippen LogP contribution in [0.4, 0.5) is 0 Å². The van der Waals surface area contributed by atoms with Crippen molar-refractivity contribution < 1.29 is 4.79 Å². The number of nitrogens with zero attached hydrogens (tertiary/aromatic N) is 2. The fourth-order valence-corrected chi connectivity index (χ4v) is 4.39. The summed E-state index contributed by atoms with van der Waals surface area (Å²) in [5.41, 5.74) is 0.914. The van der Waals surface area contributed by atoms with Crippen LogP contribution < -0.4 is 0 Å². The van der Waals surface area contributed by atoms with Crippen LogP contribution in [0, 0.1) is 5.92 Å². The topological polar surface area (TPSA) is 23.6 Å². The molecule has 2 aliphatic rings. The molecule has 1 unspecified atom stereocenters. The molecule has 0 saturated carbocycles. The van der Waals surface area contributed by atoms with Gasteiger partial charge in [-0.25, -0.2) is 0 Å². The Morgan fingerprint density at radius 1 is 1.09 bits per heavy atom. The van der Waals surface area contributed by atoms with E-state index in [1.165, 1.54) is 0 Å². The minimum atomic E-state index is 0.0246. The van der Waals surface area contributed by atoms with Gasteiger partial charge in [0.2, 0.25) is 5.91 Å². The Bertz CT molecular complexity index is 550. The van der Waals surface area contributed by atoms with Crippen molar-refractivity contribution in [2.75, 3.05) is 26.2 Å². The van der Waals surface area contributed by atoms with Gasteiger partial charge in [-0.3, -0.25) is 4.79 Å². The van der Waals surface area contributed by atoms with Crippen molar-refractivity contribution >= 4 is 29.1 Å². The fraction of sp³-hybridized carbons (Fsp3) is 0.611. The van der Waals surface area contributed by atoms with Gasteiger partial charge in [0.25, 0.3) is 0 Å². The highest BCUT2D eigenvalue weighted by molar-refractivity contribution is 6.36. The van der Waals surface area contributed by atoms with Crippen molar-refractivity contribution in [3.63, 3.8) is 0 Å². The summed E-state index contributed by atoms with van der Waals surface area (Å²) in [5.74, 6) is 0.313. The summed E-state index contributed by atoms with van der Waals surface area (Å²) < 4.78 is 0. The zero-order valence-corrected chi connectivity index (χ0v) is 15.1. The van der Waals surface area contributed by atoms with Crippen molar-refractivity contribution in [3.8, 4) is 0 Å². The lowest BCUT2D eigenvalue weighted by Crippen LogP contribution is -2.45. The fourth-order valence-electron chi connectivity index (χ4n) is 3.84. The molecular weight excluding hydrogens is 331 g/mol. The van der Waals surface area contributed by atoms with Crippen LogP contribution in [0.1, 0.15) is 31.7 Å². The molecule has 3 nitrogen and oxygen atoms in total. The number of carbonyl (C=O) groups is 1. The molecule has 0 bridgehead atoms. The first-order valence-electron chi connectivity index (χ1n) is 8.56. The normalized spacial score (nSPS) is 23.7. The molecule has 1 aromatic rings. The second-order valence-electron chi connectivity index (χ2n) is 6.59. The molecule has 5 heteroatoms. The van der Waals surface area contributed by atoms with Crippen molar-refractivity contribution in [3.05, 3.63) is 33.8 Å². The number of rotatable bonds is 4. The molecule has 0 aromatic heterocycles. The summed E-state index contributed by atoms with van der Waals surface area (Å²) in [7, 11) is 0. The zero-order chi connectivity index (χ0) is 16.4. The molecule has 0 aliphatic carbocycles. The van der Waals surface area contributed by atoms with Gasteiger partial charge in [0.1, 0.15) is 0 Å². The lowest BCUT2D eigenvalue weighted by Gasteiger charge is -2.36. The van der Waals surface area contributed by atoms with Crippen LogP contribution >= 0.6 is 23.2 Å². The van der Waals surface area contributed by atoms with Crippen LogP contribution in [0.25, 0.3) is 0 Å². The van der Waals surface area contributed by atoms with E-state index in [0.29, 0.717) is 22.5 Å². The quantitative estimate of drug-likeness (QED) is 0.819. The largest absolute Gasteiger partial charge is 0.339 e. The molecule has 1 atom stereocenters. The van der Waals surface area contributed by atoms with Crippen LogP contribution in [0.2, 0.25) is 10.0 Å². The van der Waals surface area contributed by atoms with Gasteiger partial charge < -0.3 is 9.80 Å². The summed E-state index contributed by atoms with van der Waals surface area (Å²) in [4.78, 5) is 17.4. The highest BCUT2D eigenvalue weighted by Crippen LogP contribution is 2.32. The highest BCUT2D eigenvalue weighted by atomic mass is 35.5. The molecule has 2 fully saturated rings. The van der Waals surface area contributed by atoms with E-state index in [9.17, 15) is 4.79 Å². The Morgan fingerprint density at radius 2 is 1.74 bits per heavy atom. The van der Waals surface area contributed by atoms with Crippen molar-refractivity contribution in [1.82, 2.24) is 9.80 Å². The third kappa shape index (κ3) is 3.67. The summed E-state index contributed by atoms with van der Waals surface area (Å²) in [6.45, 7) is 6.39. The number of hydrogen-bond acceptors (Lipinski definition) is 2. The number of benzene rings is 1. The van der Waals surface area contributed by atoms with E-state index in [2.05, 4.69) is 16.7 Å². The number of piperidine rings is 1. The molecule has 0 spiro atoms. The second kappa shape index (κ2) is 7.42. The summed E-state index contributed by atoms with van der Waals surface area (Å²) >= 11 is 12.5. The first kappa shape index (κ1) is 17.1. The van der Waals surface area contributed by atoms with Gasteiger partial charge in [0, 0.05) is 41.6 Å². The third-order valence-corrected chi connectivity index (χ3v) is 6.02. The molecule has 0 radical (unpaired) electrons. The summed E-state index contributed by atoms with van der Waals surface area (Å²) in [5, 5.41) is 1.33. The molecule has 23 heavy (non-hydrogen) atoms. The van der Waals surface area contributed by atoms with Crippen LogP contribution in [0.5, 0.6) is 0 Å². The smallest absolute Gasteiger partial charge is 0.226 e. The Morgan fingerprint density at radius 3 is 2.35 bits per heavy atom. The minimum Gasteiger partial charge on any atom is -0.339 e. The van der Waals surface area contributed by atoms with Crippen LogP contribution in [0.15, 0.2) is 18.2 Å². The van der Waals surface area contributed by atoms with Crippen LogP contribution in [-0.4, -0.2) is 47.9 Å². The van der Waals surface area contributed by atoms with E-state index in [-0.39, 0.29) is 11.8 Å². The maximum absolute atomic E-state index is 12.8. The maximum Gasteiger partial charge on any atom is 0.226 e. The van der Waals surface area contributed by atoms with Crippen molar-refractivity contribution in [2.24, 2.45) is 5.92 Å². The van der Waals surface area contributed by atoms with Gasteiger partial charge in [-0.1, -0.05) is 36.2 Å². The molecular formula is C18H24Cl2N2O. The van der Waals surface area contributed by atoms with Crippen molar-refractivity contribution in [1.29, 1.82) is 0 Å². The van der Waals surface area contributed by atoms with E-state index in [4.69, 9.17) is 23.2 Å². The standard InChI is InChI=1S/C18H24Cl2N2O/c1-2-21-9-7-14(8-10-21)22-11-6-13(18(22)23)12-15-16(19)4-3-5-17(15)20/h3-5,13-14H,2,6-12H2,1H3. The maximum atomic E-state index is 12.8. The van der Waals surface area contributed by atoms with E-state index in [1.807, 2.05) is 18.2 Å². The van der Waals surface area contributed by atoms with Gasteiger partial charge in [-0.2, -0.15) is 0 Å². The van der Waals surface area contributed by atoms with Gasteiger partial charge >= 0.3 is 0 Å². The molecule has 2 heterocycles. The van der Waals surface area contributed by atoms with Crippen LogP contribution in [0.3, 0.4) is 0 Å². The van der Waals surface area contributed by atoms with Crippen LogP contribution in [-0.2, 0) is 11.2 Å². The summed E-state index contributed by atoms with van der Waals surface area (Å²) in [6, 6.07) is 5.95. The monoisotopic (exact) mass is 354 g/mol. The van der Waals surface area contributed by atoms with E-state index in [1.54, 1.807) is 0 Å². The second-order valence-corrected chi connectivity index (χ2v) is 7.40. The Hall–Kier alpha value is -0.770. The SMILES string of the molecule is CCN1CCC(N2CCC(Cc3c(Cl)cccc3Cl)C2=O)CC1. The predicted octanol–water partition coefficient (Wildman–Crippen LogP) is 3.87. The number of hydrogen-bond donors (Lipinski definition) is 0. The molecule has 126 valence electrons. The number of likely N-dealkylation sites (tertiary alicyclic amines) is 2. The molecule has 2 saturated heterocycles. The van der Waals surface area contributed by atoms with E-state index < -0.39 is 0 Å². The number of halogens is 2. The number of carbonyl (C=O) groups excluding carboxylic acids is 1. The van der Waals surface area contributed by atoms with Gasteiger partial charge in [0.15, 0.2) is 0 Å². The van der Waals surface area contributed by atoms with Gasteiger partial charge in [-0.15, -0.1) is 0 Å². The summed E-state index contributed by atoms with van der Waals surface area (Å²) in [6.07, 6.45) is 3.76. The minimum absolute atomic E-state index is 0.0246. The average molecular weight is 355 g/mol. The van der Waals surface area contributed by atoms with Gasteiger partial charge in [0.05, 0.1) is 0 Å². The first-order chi connectivity index (χ1) is 11.1. The number of amides is 1. The highest BCUT2D eigenvalue weighted by Gasteiger charge is 2.37. The Labute approximate surface area is 148 Å². The molecule has 1 aromatic carbocycles. The molecule has 0 N–H and O–H groups in total. The lowest BCUT2D eigenvalue weighted by molar-refractivity contribution is -0.133. The van der Waals surface area contributed by atoms with Crippen molar-refractivity contribution in [2.45, 2.75) is 38.6 Å². The Kier molecular flexibility index (Phi) is 5.50. The molecule has 1 amide bonds. The Balaban J connectivity index is 1.63. The van der Waals surface area contributed by atoms with E-state index in [0.717, 1.165) is 51.0 Å². The lowest BCUT2D eigenvalue weighted by atomic mass is 9.97. The van der Waals surface area contributed by atoms with Gasteiger partial charge in [-0.05, 0) is 49.9 Å². The predicted molar refractivity (Wildman–Crippen MR) is 95.1 cm³/mol. The van der Waals surface area contributed by atoms with E-state index >= 15 is 0 Å². The zero-order valence-electron chi connectivity index (χ0n) is 13.6. The molecule has 2 aliphatic heterocycles. The third-order valence-electron chi connectivity index (χ3n) is 5.31. The molecule has 3 rings (SSSR count). The first-order valence-corrected chi connectivity index (χ1v) is 9.31.